The largest absolute Gasteiger partial charge is 0.507 e. The monoisotopic (exact) mass is 614 g/mol. The summed E-state index contributed by atoms with van der Waals surface area (Å²) in [5, 5.41) is 22.2. The zero-order valence-corrected chi connectivity index (χ0v) is 23.6. The average molecular weight is 615 g/mol. The summed E-state index contributed by atoms with van der Waals surface area (Å²) in [6, 6.07) is 5.09. The van der Waals surface area contributed by atoms with Crippen molar-refractivity contribution >= 4 is 35.1 Å². The highest BCUT2D eigenvalue weighted by Crippen LogP contribution is 2.65. The molecule has 0 saturated carbocycles. The van der Waals surface area contributed by atoms with E-state index >= 15 is 0 Å². The first-order chi connectivity index (χ1) is 21.4. The van der Waals surface area contributed by atoms with Crippen LogP contribution in [0.3, 0.4) is 0 Å². The molecule has 0 amide bonds. The zero-order chi connectivity index (χ0) is 31.5. The van der Waals surface area contributed by atoms with Crippen molar-refractivity contribution in [2.45, 2.75) is 74.5 Å². The molecule has 13 heteroatoms. The van der Waals surface area contributed by atoms with Gasteiger partial charge in [-0.25, -0.2) is 0 Å². The molecular weight excluding hydrogens is 592 g/mol. The van der Waals surface area contributed by atoms with Crippen molar-refractivity contribution in [2.75, 3.05) is 0 Å². The van der Waals surface area contributed by atoms with Gasteiger partial charge in [-0.2, -0.15) is 0 Å². The SMILES string of the molecule is C[C@@H]1O[C@H]2CC(=O)O[C@H]2C2=C1C(=O)c1cc(-c3cc(O)c4c(c3)C(=O)C35OC3(C4=O)[C@@H]3OC(=O)C[C@@H]3O[C@H]5C)cc(O)c1C2=O. The molecule has 8 atom stereocenters. The maximum atomic E-state index is 14.1. The minimum atomic E-state index is -1.82. The molecule has 5 aliphatic heterocycles. The molecule has 0 bridgehead atoms. The number of phenols is 2. The van der Waals surface area contributed by atoms with Gasteiger partial charge in [0.1, 0.15) is 23.7 Å². The average Bonchev–Trinajstić information content (AvgIpc) is 3.42. The maximum Gasteiger partial charge on any atom is 0.309 e. The summed E-state index contributed by atoms with van der Waals surface area (Å²) in [6.07, 6.45) is -5.67. The number of epoxide rings is 1. The topological polar surface area (TPSA) is 192 Å². The third-order valence-electron chi connectivity index (χ3n) is 10.1. The Morgan fingerprint density at radius 3 is 2.07 bits per heavy atom. The Bertz CT molecular complexity index is 1960. The lowest BCUT2D eigenvalue weighted by Crippen LogP contribution is -2.63. The Morgan fingerprint density at radius 1 is 0.689 bits per heavy atom. The fraction of sp³-hybridized carbons (Fsp3) is 0.375. The quantitative estimate of drug-likeness (QED) is 0.347. The molecule has 228 valence electrons. The van der Waals surface area contributed by atoms with Gasteiger partial charge in [0, 0.05) is 16.7 Å². The Labute approximate surface area is 252 Å². The van der Waals surface area contributed by atoms with Crippen LogP contribution in [0.2, 0.25) is 0 Å². The van der Waals surface area contributed by atoms with Crippen LogP contribution in [-0.2, 0) is 33.3 Å². The number of phenolic OH excluding ortho intramolecular Hbond substituents is 2. The lowest BCUT2D eigenvalue weighted by Gasteiger charge is -2.38. The van der Waals surface area contributed by atoms with Gasteiger partial charge in [-0.15, -0.1) is 0 Å². The van der Waals surface area contributed by atoms with Gasteiger partial charge in [-0.1, -0.05) is 0 Å². The summed E-state index contributed by atoms with van der Waals surface area (Å²) in [5.74, 6) is -4.91. The van der Waals surface area contributed by atoms with Crippen molar-refractivity contribution in [3.05, 3.63) is 57.7 Å². The van der Waals surface area contributed by atoms with E-state index in [9.17, 15) is 39.0 Å². The third-order valence-corrected chi connectivity index (χ3v) is 10.1. The minimum Gasteiger partial charge on any atom is -0.507 e. The Hall–Kier alpha value is -4.72. The van der Waals surface area contributed by atoms with Crippen molar-refractivity contribution in [1.82, 2.24) is 0 Å². The summed E-state index contributed by atoms with van der Waals surface area (Å²) < 4.78 is 28.4. The van der Waals surface area contributed by atoms with Crippen LogP contribution >= 0.6 is 0 Å². The van der Waals surface area contributed by atoms with E-state index in [2.05, 4.69) is 0 Å². The molecule has 7 aliphatic rings. The highest BCUT2D eigenvalue weighted by molar-refractivity contribution is 6.30. The van der Waals surface area contributed by atoms with E-state index in [-0.39, 0.29) is 57.4 Å². The molecule has 2 aromatic carbocycles. The van der Waals surface area contributed by atoms with Gasteiger partial charge in [-0.3, -0.25) is 28.8 Å². The molecule has 0 spiro atoms. The van der Waals surface area contributed by atoms with Crippen molar-refractivity contribution < 1.29 is 62.7 Å². The number of carbonyl (C=O) groups is 6. The van der Waals surface area contributed by atoms with Crippen molar-refractivity contribution in [3.63, 3.8) is 0 Å². The molecule has 2 N–H and O–H groups in total. The molecule has 5 heterocycles. The maximum absolute atomic E-state index is 14.1. The van der Waals surface area contributed by atoms with Gasteiger partial charge in [0.25, 0.3) is 0 Å². The minimum absolute atomic E-state index is 0.0209. The second kappa shape index (κ2) is 8.10. The van der Waals surface area contributed by atoms with Gasteiger partial charge in [0.2, 0.25) is 17.2 Å². The van der Waals surface area contributed by atoms with E-state index < -0.39 is 94.4 Å². The molecular formula is C32H22O13. The van der Waals surface area contributed by atoms with Gasteiger partial charge in [-0.05, 0) is 49.2 Å². The van der Waals surface area contributed by atoms with E-state index in [4.69, 9.17) is 23.7 Å². The molecule has 13 nitrogen and oxygen atoms in total. The van der Waals surface area contributed by atoms with E-state index in [1.807, 2.05) is 0 Å². The third kappa shape index (κ3) is 2.94. The fourth-order valence-electron chi connectivity index (χ4n) is 8.24. The van der Waals surface area contributed by atoms with Gasteiger partial charge in [0.05, 0.1) is 41.7 Å². The molecule has 9 rings (SSSR count). The Kier molecular flexibility index (Phi) is 4.80. The second-order valence-corrected chi connectivity index (χ2v) is 12.4. The summed E-state index contributed by atoms with van der Waals surface area (Å²) in [7, 11) is 0. The molecule has 4 saturated heterocycles. The van der Waals surface area contributed by atoms with Gasteiger partial charge in [0.15, 0.2) is 29.4 Å². The van der Waals surface area contributed by atoms with Crippen LogP contribution in [0, 0.1) is 0 Å². The molecule has 2 aromatic rings. The lowest BCUT2D eigenvalue weighted by atomic mass is 9.66. The van der Waals surface area contributed by atoms with Crippen LogP contribution < -0.4 is 0 Å². The number of hydrogen-bond acceptors (Lipinski definition) is 13. The Balaban J connectivity index is 1.16. The van der Waals surface area contributed by atoms with E-state index in [0.717, 1.165) is 0 Å². The van der Waals surface area contributed by atoms with E-state index in [1.165, 1.54) is 24.3 Å². The normalized spacial score (nSPS) is 37.1. The van der Waals surface area contributed by atoms with Crippen LogP contribution in [0.4, 0.5) is 0 Å². The van der Waals surface area contributed by atoms with Gasteiger partial charge >= 0.3 is 11.9 Å². The zero-order valence-electron chi connectivity index (χ0n) is 23.6. The van der Waals surface area contributed by atoms with E-state index in [1.54, 1.807) is 13.8 Å². The summed E-state index contributed by atoms with van der Waals surface area (Å²) in [5.41, 5.74) is -4.16. The number of aromatic hydroxyl groups is 2. The first kappa shape index (κ1) is 26.7. The van der Waals surface area contributed by atoms with E-state index in [0.29, 0.717) is 0 Å². The van der Waals surface area contributed by atoms with Crippen molar-refractivity contribution in [1.29, 1.82) is 0 Å². The van der Waals surface area contributed by atoms with Crippen LogP contribution in [-0.4, -0.2) is 93.1 Å². The van der Waals surface area contributed by atoms with Crippen LogP contribution in [0.25, 0.3) is 11.1 Å². The van der Waals surface area contributed by atoms with Crippen molar-refractivity contribution in [3.8, 4) is 22.6 Å². The number of ether oxygens (including phenoxy) is 5. The number of hydrogen-bond donors (Lipinski definition) is 2. The lowest BCUT2D eigenvalue weighted by molar-refractivity contribution is -0.146. The Morgan fingerprint density at radius 2 is 1.33 bits per heavy atom. The predicted octanol–water partition coefficient (Wildman–Crippen LogP) is 1.53. The number of benzene rings is 2. The number of Topliss-reactive ketones (excluding diaryl/α,β-unsaturated/α-hetero) is 4. The molecule has 2 unspecified atom stereocenters. The number of carbonyl (C=O) groups excluding carboxylic acids is 6. The summed E-state index contributed by atoms with van der Waals surface area (Å²) >= 11 is 0. The molecule has 2 aliphatic carbocycles. The first-order valence-electron chi connectivity index (χ1n) is 14.5. The highest BCUT2D eigenvalue weighted by atomic mass is 16.7. The number of esters is 2. The second-order valence-electron chi connectivity index (χ2n) is 12.4. The smallest absolute Gasteiger partial charge is 0.309 e. The number of ketones is 4. The predicted molar refractivity (Wildman–Crippen MR) is 144 cm³/mol. The van der Waals surface area contributed by atoms with Crippen molar-refractivity contribution in [2.24, 2.45) is 0 Å². The standard InChI is InChI=1S/C32H22O13/c1-9-21-24(27-17(41-9)7-19(35)43-27)26(38)22-13(25(21)37)3-11(5-15(22)33)12-4-14-23(16(34)6-12)29(40)32-30-18(8-20(36)44-30)42-10(2)31(32,45-32)28(14)39/h3-6,9-10,17-18,27,30,33-34H,7-8H2,1-2H3/t9-,10-,17-,18-,27+,30+,31?,32?/m0/s1. The molecule has 45 heavy (non-hydrogen) atoms. The first-order valence-corrected chi connectivity index (χ1v) is 14.5. The van der Waals surface area contributed by atoms with Crippen LogP contribution in [0.1, 0.15) is 68.1 Å². The highest BCUT2D eigenvalue weighted by Gasteiger charge is 2.90. The molecule has 0 radical (unpaired) electrons. The van der Waals surface area contributed by atoms with Crippen LogP contribution in [0.15, 0.2) is 35.4 Å². The number of rotatable bonds is 1. The number of fused-ring (bicyclic) bond motifs is 5. The van der Waals surface area contributed by atoms with Crippen LogP contribution in [0.5, 0.6) is 11.5 Å². The molecule has 4 fully saturated rings. The van der Waals surface area contributed by atoms with Gasteiger partial charge < -0.3 is 33.9 Å². The summed E-state index contributed by atoms with van der Waals surface area (Å²) in [4.78, 5) is 79.6. The fourth-order valence-corrected chi connectivity index (χ4v) is 8.24. The summed E-state index contributed by atoms with van der Waals surface area (Å²) in [6.45, 7) is 3.15. The molecule has 0 aromatic heterocycles.